The summed E-state index contributed by atoms with van der Waals surface area (Å²) in [7, 11) is 0. The van der Waals surface area contributed by atoms with E-state index in [4.69, 9.17) is 8.83 Å². The summed E-state index contributed by atoms with van der Waals surface area (Å²) >= 11 is 0. The van der Waals surface area contributed by atoms with E-state index in [0.29, 0.717) is 12.2 Å². The van der Waals surface area contributed by atoms with Crippen molar-refractivity contribution in [2.75, 3.05) is 0 Å². The van der Waals surface area contributed by atoms with Gasteiger partial charge in [0, 0.05) is 23.4 Å². The molecule has 1 atom stereocenters. The Morgan fingerprint density at radius 1 is 1.14 bits per heavy atom. The van der Waals surface area contributed by atoms with E-state index in [1.807, 2.05) is 32.0 Å². The Labute approximate surface area is 123 Å². The number of hydrogen-bond acceptors (Lipinski definition) is 4. The van der Waals surface area contributed by atoms with Gasteiger partial charge in [0.2, 0.25) is 0 Å². The zero-order chi connectivity index (χ0) is 14.8. The molecule has 108 valence electrons. The SMILES string of the molecule is Cc1nc(CC(O)c2ccco2)cc(-c2ccco2)c1C. The second-order valence-electron chi connectivity index (χ2n) is 5.08. The molecule has 0 amide bonds. The van der Waals surface area contributed by atoms with Crippen molar-refractivity contribution in [1.82, 2.24) is 4.98 Å². The first-order valence-electron chi connectivity index (χ1n) is 6.87. The van der Waals surface area contributed by atoms with Crippen molar-refractivity contribution in [2.24, 2.45) is 0 Å². The Morgan fingerprint density at radius 2 is 1.90 bits per heavy atom. The Kier molecular flexibility index (Phi) is 3.62. The molecule has 0 radical (unpaired) electrons. The first-order valence-corrected chi connectivity index (χ1v) is 6.87. The van der Waals surface area contributed by atoms with Crippen LogP contribution in [-0.2, 0) is 6.42 Å². The molecule has 1 unspecified atom stereocenters. The molecule has 0 aromatic carbocycles. The van der Waals surface area contributed by atoms with Crippen molar-refractivity contribution in [3.05, 3.63) is 65.6 Å². The second kappa shape index (κ2) is 5.58. The minimum absolute atomic E-state index is 0.405. The lowest BCUT2D eigenvalue weighted by Gasteiger charge is -2.12. The molecule has 3 aromatic heterocycles. The van der Waals surface area contributed by atoms with Crippen LogP contribution in [0.4, 0.5) is 0 Å². The summed E-state index contributed by atoms with van der Waals surface area (Å²) in [4.78, 5) is 4.55. The van der Waals surface area contributed by atoms with Crippen LogP contribution in [0.3, 0.4) is 0 Å². The average molecular weight is 283 g/mol. The minimum Gasteiger partial charge on any atom is -0.467 e. The van der Waals surface area contributed by atoms with Crippen LogP contribution < -0.4 is 0 Å². The molecule has 0 bridgehead atoms. The largest absolute Gasteiger partial charge is 0.467 e. The molecule has 0 fully saturated rings. The van der Waals surface area contributed by atoms with Crippen LogP contribution in [-0.4, -0.2) is 10.1 Å². The van der Waals surface area contributed by atoms with Crippen molar-refractivity contribution in [3.8, 4) is 11.3 Å². The molecule has 21 heavy (non-hydrogen) atoms. The first kappa shape index (κ1) is 13.6. The second-order valence-corrected chi connectivity index (χ2v) is 5.08. The van der Waals surface area contributed by atoms with Crippen LogP contribution in [0.1, 0.15) is 28.8 Å². The van der Waals surface area contributed by atoms with Gasteiger partial charge >= 0.3 is 0 Å². The highest BCUT2D eigenvalue weighted by Crippen LogP contribution is 2.28. The summed E-state index contributed by atoms with van der Waals surface area (Å²) in [5.41, 5.74) is 3.84. The summed E-state index contributed by atoms with van der Waals surface area (Å²) in [6.07, 6.45) is 2.92. The Hall–Kier alpha value is -2.33. The van der Waals surface area contributed by atoms with E-state index >= 15 is 0 Å². The van der Waals surface area contributed by atoms with Gasteiger partial charge in [0.25, 0.3) is 0 Å². The number of aryl methyl sites for hydroxylation is 1. The fourth-order valence-electron chi connectivity index (χ4n) is 2.37. The van der Waals surface area contributed by atoms with E-state index in [-0.39, 0.29) is 0 Å². The quantitative estimate of drug-likeness (QED) is 0.790. The number of aliphatic hydroxyl groups is 1. The molecule has 4 nitrogen and oxygen atoms in total. The summed E-state index contributed by atoms with van der Waals surface area (Å²) < 4.78 is 10.7. The number of pyridine rings is 1. The molecule has 0 aliphatic carbocycles. The molecule has 0 aliphatic heterocycles. The zero-order valence-electron chi connectivity index (χ0n) is 12.0. The maximum absolute atomic E-state index is 10.2. The first-order chi connectivity index (χ1) is 10.1. The van der Waals surface area contributed by atoms with E-state index in [1.165, 1.54) is 0 Å². The van der Waals surface area contributed by atoms with Crippen LogP contribution in [0.5, 0.6) is 0 Å². The van der Waals surface area contributed by atoms with Gasteiger partial charge in [0.05, 0.1) is 12.5 Å². The maximum atomic E-state index is 10.2. The average Bonchev–Trinajstić information content (AvgIpc) is 3.14. The van der Waals surface area contributed by atoms with Gasteiger partial charge in [-0.25, -0.2) is 0 Å². The lowest BCUT2D eigenvalue weighted by atomic mass is 10.0. The maximum Gasteiger partial charge on any atom is 0.134 e. The van der Waals surface area contributed by atoms with E-state index < -0.39 is 6.10 Å². The summed E-state index contributed by atoms with van der Waals surface area (Å²) in [5, 5.41) is 10.2. The predicted octanol–water partition coefficient (Wildman–Crippen LogP) is 3.83. The molecular weight excluding hydrogens is 266 g/mol. The Bertz CT molecular complexity index is 715. The van der Waals surface area contributed by atoms with E-state index in [1.54, 1.807) is 24.7 Å². The molecule has 0 saturated heterocycles. The molecule has 1 N–H and O–H groups in total. The fraction of sp³-hybridized carbons (Fsp3) is 0.235. The minimum atomic E-state index is -0.695. The number of nitrogens with zero attached hydrogens (tertiary/aromatic N) is 1. The van der Waals surface area contributed by atoms with Gasteiger partial charge in [-0.05, 0) is 49.7 Å². The van der Waals surface area contributed by atoms with Gasteiger partial charge in [-0.1, -0.05) is 0 Å². The molecule has 4 heteroatoms. The van der Waals surface area contributed by atoms with E-state index in [0.717, 1.165) is 28.3 Å². The predicted molar refractivity (Wildman–Crippen MR) is 78.8 cm³/mol. The van der Waals surface area contributed by atoms with E-state index in [2.05, 4.69) is 4.98 Å². The summed E-state index contributed by atoms with van der Waals surface area (Å²) in [6.45, 7) is 3.98. The molecule has 0 saturated carbocycles. The zero-order valence-corrected chi connectivity index (χ0v) is 12.0. The number of aromatic nitrogens is 1. The lowest BCUT2D eigenvalue weighted by molar-refractivity contribution is 0.149. The third-order valence-corrected chi connectivity index (χ3v) is 3.63. The monoisotopic (exact) mass is 283 g/mol. The van der Waals surface area contributed by atoms with Gasteiger partial charge in [-0.2, -0.15) is 0 Å². The number of rotatable bonds is 4. The van der Waals surface area contributed by atoms with Crippen molar-refractivity contribution >= 4 is 0 Å². The number of furan rings is 2. The standard InChI is InChI=1S/C17H17NO3/c1-11-12(2)18-13(9-14(11)16-5-3-7-20-16)10-15(19)17-6-4-8-21-17/h3-9,15,19H,10H2,1-2H3. The Morgan fingerprint density at radius 3 is 2.57 bits per heavy atom. The van der Waals surface area contributed by atoms with Crippen LogP contribution >= 0.6 is 0 Å². The smallest absolute Gasteiger partial charge is 0.134 e. The van der Waals surface area contributed by atoms with Gasteiger partial charge < -0.3 is 13.9 Å². The van der Waals surface area contributed by atoms with Crippen molar-refractivity contribution in [2.45, 2.75) is 26.4 Å². The highest BCUT2D eigenvalue weighted by molar-refractivity contribution is 5.63. The van der Waals surface area contributed by atoms with Crippen LogP contribution in [0, 0.1) is 13.8 Å². The third-order valence-electron chi connectivity index (χ3n) is 3.63. The highest BCUT2D eigenvalue weighted by atomic mass is 16.4. The summed E-state index contributed by atoms with van der Waals surface area (Å²) in [5.74, 6) is 1.36. The van der Waals surface area contributed by atoms with Crippen LogP contribution in [0.25, 0.3) is 11.3 Å². The molecular formula is C17H17NO3. The van der Waals surface area contributed by atoms with Crippen LogP contribution in [0.2, 0.25) is 0 Å². The summed E-state index contributed by atoms with van der Waals surface area (Å²) in [6, 6.07) is 9.28. The van der Waals surface area contributed by atoms with Gasteiger partial charge in [0.1, 0.15) is 17.6 Å². The normalized spacial score (nSPS) is 12.5. The molecule has 0 spiro atoms. The third kappa shape index (κ3) is 2.76. The lowest BCUT2D eigenvalue weighted by Crippen LogP contribution is -2.04. The molecule has 3 aromatic rings. The molecule has 0 aliphatic rings. The Balaban J connectivity index is 1.93. The number of aliphatic hydroxyl groups excluding tert-OH is 1. The molecule has 3 rings (SSSR count). The topological polar surface area (TPSA) is 59.4 Å². The molecule has 3 heterocycles. The number of hydrogen-bond donors (Lipinski definition) is 1. The highest BCUT2D eigenvalue weighted by Gasteiger charge is 2.15. The van der Waals surface area contributed by atoms with E-state index in [9.17, 15) is 5.11 Å². The van der Waals surface area contributed by atoms with Gasteiger partial charge in [-0.3, -0.25) is 4.98 Å². The van der Waals surface area contributed by atoms with Gasteiger partial charge in [-0.15, -0.1) is 0 Å². The van der Waals surface area contributed by atoms with Crippen molar-refractivity contribution in [3.63, 3.8) is 0 Å². The van der Waals surface area contributed by atoms with Crippen LogP contribution in [0.15, 0.2) is 51.7 Å². The van der Waals surface area contributed by atoms with Crippen molar-refractivity contribution in [1.29, 1.82) is 0 Å². The van der Waals surface area contributed by atoms with Crippen molar-refractivity contribution < 1.29 is 13.9 Å². The van der Waals surface area contributed by atoms with Gasteiger partial charge in [0.15, 0.2) is 0 Å². The fourth-order valence-corrected chi connectivity index (χ4v) is 2.37.